The summed E-state index contributed by atoms with van der Waals surface area (Å²) in [5.74, 6) is 1.59. The summed E-state index contributed by atoms with van der Waals surface area (Å²) < 4.78 is 0. The van der Waals surface area contributed by atoms with Crippen molar-refractivity contribution in [1.82, 2.24) is 15.5 Å². The van der Waals surface area contributed by atoms with E-state index in [4.69, 9.17) is 11.6 Å². The molecule has 0 aromatic heterocycles. The molecule has 0 bridgehead atoms. The van der Waals surface area contributed by atoms with Crippen LogP contribution in [0.3, 0.4) is 0 Å². The van der Waals surface area contributed by atoms with Crippen molar-refractivity contribution in [2.24, 2.45) is 10.9 Å². The van der Waals surface area contributed by atoms with Gasteiger partial charge in [0.25, 0.3) is 0 Å². The van der Waals surface area contributed by atoms with Gasteiger partial charge in [0.05, 0.1) is 6.54 Å². The van der Waals surface area contributed by atoms with Crippen molar-refractivity contribution in [3.63, 3.8) is 0 Å². The molecule has 0 saturated carbocycles. The third kappa shape index (κ3) is 5.56. The molecule has 116 valence electrons. The zero-order chi connectivity index (χ0) is 15.1. The van der Waals surface area contributed by atoms with Gasteiger partial charge < -0.3 is 15.5 Å². The molecule has 0 spiro atoms. The van der Waals surface area contributed by atoms with E-state index in [0.29, 0.717) is 12.5 Å². The van der Waals surface area contributed by atoms with Crippen molar-refractivity contribution in [1.29, 1.82) is 0 Å². The first-order valence-electron chi connectivity index (χ1n) is 7.62. The summed E-state index contributed by atoms with van der Waals surface area (Å²) in [4.78, 5) is 7.00. The first-order chi connectivity index (χ1) is 10.2. The van der Waals surface area contributed by atoms with Crippen LogP contribution in [0.25, 0.3) is 0 Å². The summed E-state index contributed by atoms with van der Waals surface area (Å²) in [5.41, 5.74) is 1.13. The van der Waals surface area contributed by atoms with Crippen molar-refractivity contribution in [3.8, 4) is 0 Å². The average molecular weight is 309 g/mol. The van der Waals surface area contributed by atoms with Crippen LogP contribution in [0, 0.1) is 5.92 Å². The van der Waals surface area contributed by atoms with Gasteiger partial charge in [0.2, 0.25) is 0 Å². The molecule has 1 saturated heterocycles. The fourth-order valence-electron chi connectivity index (χ4n) is 2.58. The summed E-state index contributed by atoms with van der Waals surface area (Å²) in [6.07, 6.45) is 1.26. The first kappa shape index (κ1) is 16.1. The van der Waals surface area contributed by atoms with Gasteiger partial charge in [0, 0.05) is 24.7 Å². The highest BCUT2D eigenvalue weighted by molar-refractivity contribution is 6.30. The number of halogens is 1. The zero-order valence-electron chi connectivity index (χ0n) is 12.9. The molecule has 1 fully saturated rings. The second kappa shape index (κ2) is 8.25. The molecule has 0 aliphatic carbocycles. The molecular formula is C16H25ClN4. The molecule has 1 aromatic rings. The SMILES string of the molecule is CCNC(=NCc1cccc(Cl)c1)NCC1CCN(C)C1. The van der Waals surface area contributed by atoms with Gasteiger partial charge in [0.1, 0.15) is 0 Å². The first-order valence-corrected chi connectivity index (χ1v) is 8.00. The fraction of sp³-hybridized carbons (Fsp3) is 0.562. The maximum Gasteiger partial charge on any atom is 0.191 e. The lowest BCUT2D eigenvalue weighted by Gasteiger charge is -2.15. The molecule has 5 heteroatoms. The van der Waals surface area contributed by atoms with E-state index in [0.717, 1.165) is 29.6 Å². The predicted octanol–water partition coefficient (Wildman–Crippen LogP) is 2.35. The van der Waals surface area contributed by atoms with E-state index in [1.165, 1.54) is 19.5 Å². The number of hydrogen-bond acceptors (Lipinski definition) is 2. The monoisotopic (exact) mass is 308 g/mol. The molecule has 1 unspecified atom stereocenters. The lowest BCUT2D eigenvalue weighted by Crippen LogP contribution is -2.40. The van der Waals surface area contributed by atoms with Crippen molar-refractivity contribution in [2.75, 3.05) is 33.2 Å². The smallest absolute Gasteiger partial charge is 0.191 e. The topological polar surface area (TPSA) is 39.7 Å². The van der Waals surface area contributed by atoms with Crippen LogP contribution >= 0.6 is 11.6 Å². The van der Waals surface area contributed by atoms with Crippen LogP contribution in [-0.4, -0.2) is 44.1 Å². The number of nitrogens with one attached hydrogen (secondary N) is 2. The largest absolute Gasteiger partial charge is 0.357 e. The van der Waals surface area contributed by atoms with E-state index in [-0.39, 0.29) is 0 Å². The maximum atomic E-state index is 6.00. The van der Waals surface area contributed by atoms with E-state index in [1.54, 1.807) is 0 Å². The molecule has 1 aliphatic rings. The van der Waals surface area contributed by atoms with Crippen LogP contribution in [0.1, 0.15) is 18.9 Å². The van der Waals surface area contributed by atoms with Crippen molar-refractivity contribution >= 4 is 17.6 Å². The van der Waals surface area contributed by atoms with Gasteiger partial charge in [-0.05, 0) is 50.6 Å². The number of likely N-dealkylation sites (tertiary alicyclic amines) is 1. The predicted molar refractivity (Wildman–Crippen MR) is 89.9 cm³/mol. The van der Waals surface area contributed by atoms with Gasteiger partial charge in [0.15, 0.2) is 5.96 Å². The molecule has 0 amide bonds. The number of nitrogens with zero attached hydrogens (tertiary/aromatic N) is 2. The number of aliphatic imine (C=N–C) groups is 1. The zero-order valence-corrected chi connectivity index (χ0v) is 13.7. The quantitative estimate of drug-likeness (QED) is 0.648. The van der Waals surface area contributed by atoms with Crippen LogP contribution in [0.15, 0.2) is 29.3 Å². The minimum absolute atomic E-state index is 0.639. The Balaban J connectivity index is 1.86. The Hall–Kier alpha value is -1.26. The normalized spacial score (nSPS) is 19.8. The Kier molecular flexibility index (Phi) is 6.33. The number of rotatable bonds is 5. The van der Waals surface area contributed by atoms with Gasteiger partial charge in [-0.25, -0.2) is 4.99 Å². The van der Waals surface area contributed by atoms with Gasteiger partial charge >= 0.3 is 0 Å². The minimum Gasteiger partial charge on any atom is -0.357 e. The van der Waals surface area contributed by atoms with E-state index in [2.05, 4.69) is 34.5 Å². The van der Waals surface area contributed by atoms with Crippen molar-refractivity contribution in [2.45, 2.75) is 19.9 Å². The van der Waals surface area contributed by atoms with Gasteiger partial charge in [-0.3, -0.25) is 0 Å². The maximum absolute atomic E-state index is 6.00. The Bertz CT molecular complexity index is 475. The number of guanidine groups is 1. The highest BCUT2D eigenvalue weighted by Crippen LogP contribution is 2.13. The fourth-order valence-corrected chi connectivity index (χ4v) is 2.79. The van der Waals surface area contributed by atoms with Crippen LogP contribution in [0.5, 0.6) is 0 Å². The summed E-state index contributed by atoms with van der Waals surface area (Å²) in [5, 5.41) is 7.50. The third-order valence-electron chi connectivity index (χ3n) is 3.70. The van der Waals surface area contributed by atoms with Gasteiger partial charge in [-0.1, -0.05) is 23.7 Å². The molecule has 4 nitrogen and oxygen atoms in total. The molecule has 2 rings (SSSR count). The van der Waals surface area contributed by atoms with Crippen LogP contribution < -0.4 is 10.6 Å². The molecule has 1 aromatic carbocycles. The van der Waals surface area contributed by atoms with Crippen molar-refractivity contribution < 1.29 is 0 Å². The van der Waals surface area contributed by atoms with Gasteiger partial charge in [-0.2, -0.15) is 0 Å². The Morgan fingerprint density at radius 3 is 2.95 bits per heavy atom. The van der Waals surface area contributed by atoms with E-state index < -0.39 is 0 Å². The van der Waals surface area contributed by atoms with Gasteiger partial charge in [-0.15, -0.1) is 0 Å². The second-order valence-electron chi connectivity index (χ2n) is 5.62. The highest BCUT2D eigenvalue weighted by atomic mass is 35.5. The molecular weight excluding hydrogens is 284 g/mol. The lowest BCUT2D eigenvalue weighted by atomic mass is 10.1. The van der Waals surface area contributed by atoms with E-state index in [9.17, 15) is 0 Å². The summed E-state index contributed by atoms with van der Waals surface area (Å²) in [7, 11) is 2.18. The Morgan fingerprint density at radius 2 is 2.29 bits per heavy atom. The minimum atomic E-state index is 0.639. The standard InChI is InChI=1S/C16H25ClN4/c1-3-18-16(20-11-14-7-8-21(2)12-14)19-10-13-5-4-6-15(17)9-13/h4-6,9,14H,3,7-8,10-12H2,1-2H3,(H2,18,19,20). The van der Waals surface area contributed by atoms with Crippen LogP contribution in [0.4, 0.5) is 0 Å². The number of benzene rings is 1. The Labute approximate surface area is 132 Å². The molecule has 0 radical (unpaired) electrons. The van der Waals surface area contributed by atoms with Crippen LogP contribution in [0.2, 0.25) is 5.02 Å². The summed E-state index contributed by atoms with van der Waals surface area (Å²) in [6.45, 7) is 6.93. The molecule has 1 atom stereocenters. The van der Waals surface area contributed by atoms with Crippen LogP contribution in [-0.2, 0) is 6.54 Å². The molecule has 2 N–H and O–H groups in total. The lowest BCUT2D eigenvalue weighted by molar-refractivity contribution is 0.394. The van der Waals surface area contributed by atoms with Crippen molar-refractivity contribution in [3.05, 3.63) is 34.9 Å². The number of hydrogen-bond donors (Lipinski definition) is 2. The molecule has 1 aliphatic heterocycles. The highest BCUT2D eigenvalue weighted by Gasteiger charge is 2.19. The summed E-state index contributed by atoms with van der Waals surface area (Å²) >= 11 is 6.00. The average Bonchev–Trinajstić information content (AvgIpc) is 2.88. The third-order valence-corrected chi connectivity index (χ3v) is 3.94. The van der Waals surface area contributed by atoms with E-state index >= 15 is 0 Å². The van der Waals surface area contributed by atoms with E-state index in [1.807, 2.05) is 24.3 Å². The Morgan fingerprint density at radius 1 is 1.43 bits per heavy atom. The molecule has 21 heavy (non-hydrogen) atoms. The second-order valence-corrected chi connectivity index (χ2v) is 6.06. The molecule has 1 heterocycles. The summed E-state index contributed by atoms with van der Waals surface area (Å²) in [6, 6.07) is 7.85.